The number of hydrogen-bond acceptors (Lipinski definition) is 4. The molecule has 2 aromatic rings. The topological polar surface area (TPSA) is 79.0 Å². The number of rotatable bonds is 4. The molecular formula is C18H22N4O2. The molecule has 0 spiro atoms. The highest BCUT2D eigenvalue weighted by molar-refractivity contribution is 6.02. The lowest BCUT2D eigenvalue weighted by molar-refractivity contribution is 0.0160. The number of anilines is 1. The Morgan fingerprint density at radius 2 is 2.12 bits per heavy atom. The number of morpholine rings is 1. The van der Waals surface area contributed by atoms with E-state index in [9.17, 15) is 4.79 Å². The molecule has 3 atom stereocenters. The van der Waals surface area contributed by atoms with Gasteiger partial charge in [-0.3, -0.25) is 9.89 Å². The van der Waals surface area contributed by atoms with Gasteiger partial charge in [-0.1, -0.05) is 26.0 Å². The summed E-state index contributed by atoms with van der Waals surface area (Å²) < 4.78 is 6.00. The Hall–Kier alpha value is -2.18. The van der Waals surface area contributed by atoms with Gasteiger partial charge in [-0.2, -0.15) is 5.10 Å². The number of amides is 1. The first-order chi connectivity index (χ1) is 11.6. The van der Waals surface area contributed by atoms with Gasteiger partial charge in [0.05, 0.1) is 17.9 Å². The number of nitrogens with zero attached hydrogens (tertiary/aromatic N) is 1. The Bertz CT molecular complexity index is 738. The molecule has 0 unspecified atom stereocenters. The van der Waals surface area contributed by atoms with E-state index in [2.05, 4.69) is 20.8 Å². The molecule has 2 aliphatic heterocycles. The summed E-state index contributed by atoms with van der Waals surface area (Å²) in [5.74, 6) is 0.109. The van der Waals surface area contributed by atoms with Crippen LogP contribution >= 0.6 is 0 Å². The second-order valence-corrected chi connectivity index (χ2v) is 6.87. The molecule has 6 heteroatoms. The zero-order chi connectivity index (χ0) is 16.7. The number of aromatic amines is 1. The number of nitrogens with one attached hydrogen (secondary N) is 3. The summed E-state index contributed by atoms with van der Waals surface area (Å²) in [6, 6.07) is 10.1. The number of benzene rings is 1. The first-order valence-corrected chi connectivity index (χ1v) is 8.45. The predicted molar refractivity (Wildman–Crippen MR) is 91.1 cm³/mol. The van der Waals surface area contributed by atoms with Gasteiger partial charge in [0.2, 0.25) is 0 Å². The highest BCUT2D eigenvalue weighted by atomic mass is 16.5. The average molecular weight is 326 g/mol. The van der Waals surface area contributed by atoms with Crippen LogP contribution in [0.1, 0.15) is 54.0 Å². The van der Waals surface area contributed by atoms with Crippen molar-refractivity contribution >= 4 is 11.6 Å². The number of hydrogen-bond donors (Lipinski definition) is 3. The maximum atomic E-state index is 12.3. The van der Waals surface area contributed by atoms with Gasteiger partial charge in [-0.05, 0) is 36.1 Å². The molecule has 4 rings (SSSR count). The molecule has 6 nitrogen and oxygen atoms in total. The first kappa shape index (κ1) is 15.4. The Labute approximate surface area is 141 Å². The quantitative estimate of drug-likeness (QED) is 0.807. The van der Waals surface area contributed by atoms with Crippen molar-refractivity contribution in [1.82, 2.24) is 15.5 Å². The normalized spacial score (nSPS) is 25.4. The number of H-pyrrole nitrogens is 1. The van der Waals surface area contributed by atoms with E-state index in [-0.39, 0.29) is 17.9 Å². The van der Waals surface area contributed by atoms with Crippen LogP contribution in [0.5, 0.6) is 0 Å². The standard InChI is InChI=1S/C18H22N4O2/c1-10(2)14-8-16(22-21-14)18(23)20-12-5-3-11(4-6-12)17-15-7-13(24-17)9-19-15/h3-6,8,10,13,15,17,19H,7,9H2,1-2H3,(H,20,23)(H,21,22)/t13-,15-,17+/m0/s1. The molecule has 1 aromatic carbocycles. The molecule has 2 fully saturated rings. The van der Waals surface area contributed by atoms with Crippen molar-refractivity contribution in [1.29, 1.82) is 0 Å². The fourth-order valence-corrected chi connectivity index (χ4v) is 3.38. The van der Waals surface area contributed by atoms with E-state index >= 15 is 0 Å². The fraction of sp³-hybridized carbons (Fsp3) is 0.444. The van der Waals surface area contributed by atoms with Crippen LogP contribution in [0.25, 0.3) is 0 Å². The van der Waals surface area contributed by atoms with Gasteiger partial charge in [-0.25, -0.2) is 0 Å². The van der Waals surface area contributed by atoms with E-state index in [1.54, 1.807) is 6.07 Å². The molecule has 0 radical (unpaired) electrons. The minimum absolute atomic E-state index is 0.120. The van der Waals surface area contributed by atoms with E-state index in [0.29, 0.717) is 17.8 Å². The molecule has 126 valence electrons. The third-order valence-corrected chi connectivity index (χ3v) is 4.76. The van der Waals surface area contributed by atoms with Crippen molar-refractivity contribution in [2.24, 2.45) is 0 Å². The van der Waals surface area contributed by atoms with E-state index in [0.717, 1.165) is 29.9 Å². The van der Waals surface area contributed by atoms with Crippen LogP contribution in [-0.2, 0) is 4.74 Å². The second kappa shape index (κ2) is 6.03. The lowest BCUT2D eigenvalue weighted by Gasteiger charge is -2.23. The average Bonchev–Trinajstić information content (AvgIpc) is 3.31. The number of aromatic nitrogens is 2. The van der Waals surface area contributed by atoms with Crippen molar-refractivity contribution in [2.45, 2.75) is 44.4 Å². The van der Waals surface area contributed by atoms with E-state index < -0.39 is 0 Å². The third-order valence-electron chi connectivity index (χ3n) is 4.76. The third kappa shape index (κ3) is 2.83. The summed E-state index contributed by atoms with van der Waals surface area (Å²) >= 11 is 0. The predicted octanol–water partition coefficient (Wildman–Crippen LogP) is 2.59. The van der Waals surface area contributed by atoms with Gasteiger partial charge in [0.1, 0.15) is 5.69 Å². The van der Waals surface area contributed by atoms with Crippen molar-refractivity contribution in [3.63, 3.8) is 0 Å². The molecule has 1 aromatic heterocycles. The van der Waals surface area contributed by atoms with Crippen molar-refractivity contribution in [3.05, 3.63) is 47.3 Å². The molecule has 1 amide bonds. The Morgan fingerprint density at radius 1 is 1.33 bits per heavy atom. The Kier molecular flexibility index (Phi) is 3.86. The maximum Gasteiger partial charge on any atom is 0.273 e. The SMILES string of the molecule is CC(C)c1cc(C(=O)Nc2ccc([C@H]3O[C@@H]4CN[C@H]3C4)cc2)[nH]n1. The number of carbonyl (C=O) groups is 1. The van der Waals surface area contributed by atoms with Crippen LogP contribution < -0.4 is 10.6 Å². The van der Waals surface area contributed by atoms with Gasteiger partial charge in [0.25, 0.3) is 5.91 Å². The van der Waals surface area contributed by atoms with Gasteiger partial charge < -0.3 is 15.4 Å². The second-order valence-electron chi connectivity index (χ2n) is 6.87. The summed E-state index contributed by atoms with van der Waals surface area (Å²) in [5, 5.41) is 13.3. The molecule has 2 bridgehead atoms. The van der Waals surface area contributed by atoms with E-state index in [1.807, 2.05) is 38.1 Å². The van der Waals surface area contributed by atoms with Crippen molar-refractivity contribution < 1.29 is 9.53 Å². The first-order valence-electron chi connectivity index (χ1n) is 8.45. The molecule has 0 aliphatic carbocycles. The smallest absolute Gasteiger partial charge is 0.273 e. The zero-order valence-corrected chi connectivity index (χ0v) is 13.9. The molecule has 0 saturated carbocycles. The molecule has 2 saturated heterocycles. The summed E-state index contributed by atoms with van der Waals surface area (Å²) in [4.78, 5) is 12.3. The largest absolute Gasteiger partial charge is 0.367 e. The van der Waals surface area contributed by atoms with Crippen LogP contribution in [-0.4, -0.2) is 34.8 Å². The van der Waals surface area contributed by atoms with Gasteiger partial charge in [-0.15, -0.1) is 0 Å². The van der Waals surface area contributed by atoms with Crippen LogP contribution in [0, 0.1) is 0 Å². The molecule has 2 aliphatic rings. The maximum absolute atomic E-state index is 12.3. The van der Waals surface area contributed by atoms with Crippen molar-refractivity contribution in [3.8, 4) is 0 Å². The van der Waals surface area contributed by atoms with Gasteiger partial charge in [0.15, 0.2) is 0 Å². The zero-order valence-electron chi connectivity index (χ0n) is 13.9. The monoisotopic (exact) mass is 326 g/mol. The number of fused-ring (bicyclic) bond motifs is 2. The summed E-state index contributed by atoms with van der Waals surface area (Å²) in [5.41, 5.74) is 3.27. The molecule has 3 N–H and O–H groups in total. The Balaban J connectivity index is 1.42. The molecular weight excluding hydrogens is 304 g/mol. The number of ether oxygens (including phenoxy) is 1. The van der Waals surface area contributed by atoms with Crippen LogP contribution in [0.15, 0.2) is 30.3 Å². The van der Waals surface area contributed by atoms with Crippen LogP contribution in [0.4, 0.5) is 5.69 Å². The van der Waals surface area contributed by atoms with E-state index in [1.165, 1.54) is 0 Å². The lowest BCUT2D eigenvalue weighted by Crippen LogP contribution is -2.33. The fourth-order valence-electron chi connectivity index (χ4n) is 3.38. The van der Waals surface area contributed by atoms with Gasteiger partial charge in [0, 0.05) is 18.3 Å². The van der Waals surface area contributed by atoms with Crippen molar-refractivity contribution in [2.75, 3.05) is 11.9 Å². The van der Waals surface area contributed by atoms with Crippen LogP contribution in [0.3, 0.4) is 0 Å². The summed E-state index contributed by atoms with van der Waals surface area (Å²) in [6.07, 6.45) is 1.55. The highest BCUT2D eigenvalue weighted by Gasteiger charge is 2.41. The number of carbonyl (C=O) groups excluding carboxylic acids is 1. The lowest BCUT2D eigenvalue weighted by atomic mass is 10.0. The molecule has 3 heterocycles. The van der Waals surface area contributed by atoms with Crippen LogP contribution in [0.2, 0.25) is 0 Å². The summed E-state index contributed by atoms with van der Waals surface area (Å²) in [6.45, 7) is 5.05. The minimum Gasteiger partial charge on any atom is -0.367 e. The molecule has 24 heavy (non-hydrogen) atoms. The van der Waals surface area contributed by atoms with E-state index in [4.69, 9.17) is 4.74 Å². The minimum atomic E-state index is -0.181. The highest BCUT2D eigenvalue weighted by Crippen LogP contribution is 2.37. The summed E-state index contributed by atoms with van der Waals surface area (Å²) in [7, 11) is 0. The van der Waals surface area contributed by atoms with Gasteiger partial charge >= 0.3 is 0 Å². The Morgan fingerprint density at radius 3 is 2.71 bits per heavy atom.